The van der Waals surface area contributed by atoms with Gasteiger partial charge in [0.05, 0.1) is 5.56 Å². The Labute approximate surface area is 210 Å². The first kappa shape index (κ1) is 23.6. The van der Waals surface area contributed by atoms with Gasteiger partial charge in [0.1, 0.15) is 5.00 Å². The van der Waals surface area contributed by atoms with Crippen molar-refractivity contribution in [3.63, 3.8) is 0 Å². The van der Waals surface area contributed by atoms with Gasteiger partial charge in [-0.3, -0.25) is 0 Å². The lowest BCUT2D eigenvalue weighted by Crippen LogP contribution is -2.11. The predicted molar refractivity (Wildman–Crippen MR) is 144 cm³/mol. The fourth-order valence-corrected chi connectivity index (χ4v) is 6.12. The number of benzene rings is 2. The van der Waals surface area contributed by atoms with E-state index in [4.69, 9.17) is 4.74 Å². The van der Waals surface area contributed by atoms with Crippen LogP contribution in [-0.2, 0) is 11.2 Å². The molecule has 3 N–H and O–H groups in total. The third-order valence-electron chi connectivity index (χ3n) is 7.12. The van der Waals surface area contributed by atoms with E-state index in [9.17, 15) is 9.90 Å². The molecule has 0 spiro atoms. The highest BCUT2D eigenvalue weighted by Gasteiger charge is 2.31. The Kier molecular flexibility index (Phi) is 7.21. The number of methoxy groups -OCH3 is 1. The first-order chi connectivity index (χ1) is 17.2. The van der Waals surface area contributed by atoms with Crippen molar-refractivity contribution < 1.29 is 14.6 Å². The summed E-state index contributed by atoms with van der Waals surface area (Å²) in [4.78, 5) is 12.5. The number of carbonyl (C=O) groups is 1. The van der Waals surface area contributed by atoms with Gasteiger partial charge in [0.25, 0.3) is 0 Å². The molecule has 3 aromatic rings. The Bertz CT molecular complexity index is 1220. The van der Waals surface area contributed by atoms with Crippen LogP contribution in [0.15, 0.2) is 59.5 Å². The van der Waals surface area contributed by atoms with E-state index in [-0.39, 0.29) is 5.92 Å². The lowest BCUT2D eigenvalue weighted by atomic mass is 9.88. The molecular weight excluding hydrogens is 456 g/mol. The lowest BCUT2D eigenvalue weighted by molar-refractivity contribution is 0.0697. The van der Waals surface area contributed by atoms with Crippen LogP contribution in [0.4, 0.5) is 10.7 Å². The third kappa shape index (κ3) is 5.00. The molecule has 2 aliphatic rings. The zero-order valence-electron chi connectivity index (χ0n) is 20.1. The van der Waals surface area contributed by atoms with E-state index < -0.39 is 5.97 Å². The zero-order chi connectivity index (χ0) is 24.2. The van der Waals surface area contributed by atoms with Gasteiger partial charge < -0.3 is 20.5 Å². The monoisotopic (exact) mass is 488 g/mol. The molecule has 1 saturated carbocycles. The molecule has 35 heavy (non-hydrogen) atoms. The minimum atomic E-state index is -0.860. The maximum Gasteiger partial charge on any atom is 0.339 e. The molecule has 1 atom stereocenters. The molecule has 182 valence electrons. The second-order valence-corrected chi connectivity index (χ2v) is 10.2. The lowest BCUT2D eigenvalue weighted by Gasteiger charge is -2.24. The Morgan fingerprint density at radius 1 is 1.09 bits per heavy atom. The Morgan fingerprint density at radius 3 is 2.60 bits per heavy atom. The van der Waals surface area contributed by atoms with Crippen LogP contribution in [0.2, 0.25) is 0 Å². The van der Waals surface area contributed by atoms with Gasteiger partial charge in [0.2, 0.25) is 0 Å². The van der Waals surface area contributed by atoms with Gasteiger partial charge in [0, 0.05) is 37.6 Å². The van der Waals surface area contributed by atoms with Crippen LogP contribution in [0.25, 0.3) is 5.70 Å². The molecule has 1 aromatic heterocycles. The summed E-state index contributed by atoms with van der Waals surface area (Å²) in [5.41, 5.74) is 8.56. The van der Waals surface area contributed by atoms with Crippen LogP contribution < -0.4 is 10.6 Å². The van der Waals surface area contributed by atoms with E-state index in [1.807, 2.05) is 0 Å². The average molecular weight is 489 g/mol. The SMILES string of the molecule is COCCCNc1ccc(C(Nc2scc(C3CCc4ccccc43)c2C(=O)O)=C2CCC2)cc1. The minimum Gasteiger partial charge on any atom is -0.478 e. The summed E-state index contributed by atoms with van der Waals surface area (Å²) in [6.07, 6.45) is 6.20. The van der Waals surface area contributed by atoms with Crippen molar-refractivity contribution in [2.24, 2.45) is 0 Å². The smallest absolute Gasteiger partial charge is 0.339 e. The minimum absolute atomic E-state index is 0.146. The van der Waals surface area contributed by atoms with Crippen LogP contribution in [-0.4, -0.2) is 31.3 Å². The number of nitrogens with one attached hydrogen (secondary N) is 2. The fourth-order valence-electron chi connectivity index (χ4n) is 5.11. The van der Waals surface area contributed by atoms with Gasteiger partial charge in [-0.2, -0.15) is 0 Å². The number of fused-ring (bicyclic) bond motifs is 1. The van der Waals surface area contributed by atoms with Crippen LogP contribution in [0.1, 0.15) is 70.6 Å². The second-order valence-electron chi connectivity index (χ2n) is 9.30. The van der Waals surface area contributed by atoms with E-state index in [2.05, 4.69) is 64.5 Å². The topological polar surface area (TPSA) is 70.6 Å². The van der Waals surface area contributed by atoms with E-state index >= 15 is 0 Å². The summed E-state index contributed by atoms with van der Waals surface area (Å²) in [5, 5.41) is 20.0. The number of aryl methyl sites for hydroxylation is 1. The fraction of sp³-hybridized carbons (Fsp3) is 0.345. The largest absolute Gasteiger partial charge is 0.478 e. The molecule has 1 heterocycles. The van der Waals surface area contributed by atoms with Crippen LogP contribution in [0.5, 0.6) is 0 Å². The van der Waals surface area contributed by atoms with Crippen LogP contribution in [0, 0.1) is 0 Å². The van der Waals surface area contributed by atoms with Crippen molar-refractivity contribution in [3.05, 3.63) is 87.3 Å². The number of thiophene rings is 1. The van der Waals surface area contributed by atoms with Crippen molar-refractivity contribution in [2.45, 2.75) is 44.4 Å². The first-order valence-electron chi connectivity index (χ1n) is 12.4. The molecule has 6 heteroatoms. The number of allylic oxidation sites excluding steroid dienone is 1. The van der Waals surface area contributed by atoms with Crippen molar-refractivity contribution in [1.29, 1.82) is 0 Å². The Hall–Kier alpha value is -3.09. The van der Waals surface area contributed by atoms with Gasteiger partial charge in [-0.05, 0) is 83.9 Å². The number of carboxylic acid groups (broad SMARTS) is 1. The van der Waals surface area contributed by atoms with Gasteiger partial charge in [-0.25, -0.2) is 4.79 Å². The predicted octanol–water partition coefficient (Wildman–Crippen LogP) is 6.98. The molecule has 1 unspecified atom stereocenters. The molecule has 0 saturated heterocycles. The van der Waals surface area contributed by atoms with Crippen molar-refractivity contribution in [2.75, 3.05) is 30.9 Å². The average Bonchev–Trinajstić information content (AvgIpc) is 3.45. The number of anilines is 2. The highest BCUT2D eigenvalue weighted by atomic mass is 32.1. The maximum atomic E-state index is 12.5. The molecule has 0 amide bonds. The molecule has 0 radical (unpaired) electrons. The summed E-state index contributed by atoms with van der Waals surface area (Å²) in [5.74, 6) is -0.714. The number of rotatable bonds is 10. The van der Waals surface area contributed by atoms with Gasteiger partial charge in [-0.1, -0.05) is 36.4 Å². The Balaban J connectivity index is 1.40. The molecule has 1 fully saturated rings. The Morgan fingerprint density at radius 2 is 1.89 bits per heavy atom. The summed E-state index contributed by atoms with van der Waals surface area (Å²) in [7, 11) is 1.72. The quantitative estimate of drug-likeness (QED) is 0.269. The second kappa shape index (κ2) is 10.7. The van der Waals surface area contributed by atoms with E-state index in [1.165, 1.54) is 34.5 Å². The number of hydrogen-bond acceptors (Lipinski definition) is 5. The van der Waals surface area contributed by atoms with Crippen LogP contribution >= 0.6 is 11.3 Å². The molecule has 5 nitrogen and oxygen atoms in total. The highest BCUT2D eigenvalue weighted by molar-refractivity contribution is 7.14. The number of ether oxygens (including phenoxy) is 1. The van der Waals surface area contributed by atoms with E-state index in [1.54, 1.807) is 7.11 Å². The molecule has 2 aromatic carbocycles. The van der Waals surface area contributed by atoms with Crippen molar-refractivity contribution in [3.8, 4) is 0 Å². The van der Waals surface area contributed by atoms with E-state index in [0.29, 0.717) is 5.56 Å². The molecule has 0 aliphatic heterocycles. The maximum absolute atomic E-state index is 12.5. The zero-order valence-corrected chi connectivity index (χ0v) is 20.9. The summed E-state index contributed by atoms with van der Waals surface area (Å²) in [6.45, 7) is 1.61. The normalized spacial score (nSPS) is 16.5. The van der Waals surface area contributed by atoms with Gasteiger partial charge in [-0.15, -0.1) is 11.3 Å². The van der Waals surface area contributed by atoms with Crippen molar-refractivity contribution >= 4 is 33.7 Å². The first-order valence-corrected chi connectivity index (χ1v) is 13.3. The highest BCUT2D eigenvalue weighted by Crippen LogP contribution is 2.45. The van der Waals surface area contributed by atoms with Gasteiger partial charge in [0.15, 0.2) is 0 Å². The molecular formula is C29H32N2O3S. The summed E-state index contributed by atoms with van der Waals surface area (Å²) in [6, 6.07) is 16.9. The molecule has 5 rings (SSSR count). The number of aromatic carboxylic acids is 1. The van der Waals surface area contributed by atoms with E-state index in [0.717, 1.165) is 72.8 Å². The standard InChI is InChI=1S/C29H32N2O3S/c1-34-17-5-16-30-22-13-10-21(11-14-22)27(20-7-4-8-20)31-28-26(29(32)33)25(18-35-28)24-15-12-19-6-2-3-9-23(19)24/h2-3,6,9-11,13-14,18,24,30-31H,4-5,7-8,12,15-17H2,1H3,(H,32,33). The number of carboxylic acids is 1. The number of hydrogen-bond donors (Lipinski definition) is 3. The summed E-state index contributed by atoms with van der Waals surface area (Å²) >= 11 is 1.51. The molecule has 2 aliphatic carbocycles. The van der Waals surface area contributed by atoms with Crippen LogP contribution in [0.3, 0.4) is 0 Å². The third-order valence-corrected chi connectivity index (χ3v) is 8.03. The van der Waals surface area contributed by atoms with Gasteiger partial charge >= 0.3 is 5.97 Å². The summed E-state index contributed by atoms with van der Waals surface area (Å²) < 4.78 is 5.11. The van der Waals surface area contributed by atoms with Crippen molar-refractivity contribution in [1.82, 2.24) is 0 Å². The molecule has 0 bridgehead atoms.